The molecular weight excluding hydrogens is 189 g/mol. The molecule has 72 valence electrons. The second kappa shape index (κ2) is 5.21. The maximum absolute atomic E-state index is 13.2. The van der Waals surface area contributed by atoms with Crippen LogP contribution in [0.4, 0.5) is 4.39 Å². The lowest BCUT2D eigenvalue weighted by atomic mass is 10.2. The largest absolute Gasteiger partial charge is 0.305 e. The van der Waals surface area contributed by atoms with Crippen LogP contribution < -0.4 is 5.48 Å². The SMILES string of the molecule is CONCc1cccc(F)c1SC. The van der Waals surface area contributed by atoms with Gasteiger partial charge in [-0.05, 0) is 17.9 Å². The Bertz CT molecular complexity index is 280. The lowest BCUT2D eigenvalue weighted by molar-refractivity contribution is 0.0861. The molecule has 0 fully saturated rings. The molecule has 1 rings (SSSR count). The predicted molar refractivity (Wildman–Crippen MR) is 52.0 cm³/mol. The minimum Gasteiger partial charge on any atom is -0.305 e. The number of nitrogens with one attached hydrogen (secondary N) is 1. The smallest absolute Gasteiger partial charge is 0.137 e. The monoisotopic (exact) mass is 201 g/mol. The summed E-state index contributed by atoms with van der Waals surface area (Å²) in [5, 5.41) is 0. The third-order valence-corrected chi connectivity index (χ3v) is 2.53. The van der Waals surface area contributed by atoms with Crippen molar-refractivity contribution < 1.29 is 9.23 Å². The molecule has 0 saturated heterocycles. The summed E-state index contributed by atoms with van der Waals surface area (Å²) in [5.74, 6) is -0.178. The maximum atomic E-state index is 13.2. The molecule has 0 radical (unpaired) electrons. The Balaban J connectivity index is 2.85. The summed E-state index contributed by atoms with van der Waals surface area (Å²) in [5.41, 5.74) is 3.60. The molecule has 2 nitrogen and oxygen atoms in total. The van der Waals surface area contributed by atoms with Gasteiger partial charge in [-0.3, -0.25) is 0 Å². The Hall–Kier alpha value is -0.580. The number of halogens is 1. The van der Waals surface area contributed by atoms with Crippen molar-refractivity contribution in [1.82, 2.24) is 5.48 Å². The van der Waals surface area contributed by atoms with Crippen LogP contribution in [0.3, 0.4) is 0 Å². The van der Waals surface area contributed by atoms with Crippen molar-refractivity contribution in [3.63, 3.8) is 0 Å². The normalized spacial score (nSPS) is 10.4. The third-order valence-electron chi connectivity index (χ3n) is 1.66. The summed E-state index contributed by atoms with van der Waals surface area (Å²) in [6.45, 7) is 0.518. The van der Waals surface area contributed by atoms with E-state index in [1.54, 1.807) is 6.07 Å². The number of thioether (sulfide) groups is 1. The summed E-state index contributed by atoms with van der Waals surface area (Å²) in [6.07, 6.45) is 1.86. The Morgan fingerprint density at radius 1 is 1.54 bits per heavy atom. The van der Waals surface area contributed by atoms with Gasteiger partial charge in [-0.15, -0.1) is 11.8 Å². The van der Waals surface area contributed by atoms with E-state index in [1.165, 1.54) is 24.9 Å². The Labute approximate surface area is 81.4 Å². The third kappa shape index (κ3) is 2.69. The summed E-state index contributed by atoms with van der Waals surface area (Å²) < 4.78 is 13.2. The van der Waals surface area contributed by atoms with Gasteiger partial charge in [-0.2, -0.15) is 5.48 Å². The zero-order chi connectivity index (χ0) is 9.68. The fourth-order valence-corrected chi connectivity index (χ4v) is 1.74. The van der Waals surface area contributed by atoms with Crippen LogP contribution in [0.2, 0.25) is 0 Å². The highest BCUT2D eigenvalue weighted by molar-refractivity contribution is 7.98. The average molecular weight is 201 g/mol. The first-order valence-corrected chi connectivity index (χ1v) is 5.09. The van der Waals surface area contributed by atoms with Crippen LogP contribution in [0, 0.1) is 5.82 Å². The Kier molecular flexibility index (Phi) is 4.21. The highest BCUT2D eigenvalue weighted by Crippen LogP contribution is 2.23. The van der Waals surface area contributed by atoms with Crippen LogP contribution in [-0.4, -0.2) is 13.4 Å². The Morgan fingerprint density at radius 2 is 2.31 bits per heavy atom. The number of hydrogen-bond acceptors (Lipinski definition) is 3. The van der Waals surface area contributed by atoms with Crippen molar-refractivity contribution in [2.45, 2.75) is 11.4 Å². The van der Waals surface area contributed by atoms with Crippen LogP contribution in [0.15, 0.2) is 23.1 Å². The van der Waals surface area contributed by atoms with Crippen molar-refractivity contribution in [3.8, 4) is 0 Å². The second-order valence-electron chi connectivity index (χ2n) is 2.46. The molecule has 0 unspecified atom stereocenters. The minimum absolute atomic E-state index is 0.178. The molecule has 0 saturated carbocycles. The van der Waals surface area contributed by atoms with Gasteiger partial charge in [-0.25, -0.2) is 4.39 Å². The number of benzene rings is 1. The van der Waals surface area contributed by atoms with Crippen LogP contribution in [0.5, 0.6) is 0 Å². The topological polar surface area (TPSA) is 21.3 Å². The van der Waals surface area contributed by atoms with Gasteiger partial charge in [0.25, 0.3) is 0 Å². The molecular formula is C9H12FNOS. The van der Waals surface area contributed by atoms with Gasteiger partial charge in [-0.1, -0.05) is 12.1 Å². The quantitative estimate of drug-likeness (QED) is 0.596. The van der Waals surface area contributed by atoms with E-state index in [1.807, 2.05) is 12.3 Å². The molecule has 1 aromatic carbocycles. The molecule has 0 aliphatic heterocycles. The van der Waals surface area contributed by atoms with Crippen molar-refractivity contribution in [3.05, 3.63) is 29.6 Å². The van der Waals surface area contributed by atoms with Gasteiger partial charge in [0.1, 0.15) is 5.82 Å². The highest BCUT2D eigenvalue weighted by atomic mass is 32.2. The molecule has 1 aromatic rings. The molecule has 1 N–H and O–H groups in total. The first kappa shape index (κ1) is 10.5. The van der Waals surface area contributed by atoms with E-state index in [9.17, 15) is 4.39 Å². The zero-order valence-corrected chi connectivity index (χ0v) is 8.45. The molecule has 0 bridgehead atoms. The lowest BCUT2D eigenvalue weighted by Crippen LogP contribution is -2.11. The summed E-state index contributed by atoms with van der Waals surface area (Å²) in [6, 6.07) is 5.03. The van der Waals surface area contributed by atoms with Gasteiger partial charge in [0.15, 0.2) is 0 Å². The fraction of sp³-hybridized carbons (Fsp3) is 0.333. The van der Waals surface area contributed by atoms with E-state index in [-0.39, 0.29) is 5.82 Å². The van der Waals surface area contributed by atoms with Crippen molar-refractivity contribution >= 4 is 11.8 Å². The molecule has 13 heavy (non-hydrogen) atoms. The molecule has 0 amide bonds. The number of hydrogen-bond donors (Lipinski definition) is 1. The van der Waals surface area contributed by atoms with E-state index in [0.29, 0.717) is 11.4 Å². The van der Waals surface area contributed by atoms with Crippen molar-refractivity contribution in [2.75, 3.05) is 13.4 Å². The van der Waals surface area contributed by atoms with E-state index < -0.39 is 0 Å². The van der Waals surface area contributed by atoms with E-state index in [2.05, 4.69) is 5.48 Å². The number of rotatable bonds is 4. The molecule has 0 spiro atoms. The summed E-state index contributed by atoms with van der Waals surface area (Å²) >= 11 is 1.40. The van der Waals surface area contributed by atoms with Crippen molar-refractivity contribution in [1.29, 1.82) is 0 Å². The molecule has 4 heteroatoms. The Morgan fingerprint density at radius 3 is 2.92 bits per heavy atom. The second-order valence-corrected chi connectivity index (χ2v) is 3.27. The summed E-state index contributed by atoms with van der Waals surface area (Å²) in [7, 11) is 1.54. The zero-order valence-electron chi connectivity index (χ0n) is 7.63. The summed E-state index contributed by atoms with van der Waals surface area (Å²) in [4.78, 5) is 5.38. The predicted octanol–water partition coefficient (Wildman–Crippen LogP) is 2.20. The van der Waals surface area contributed by atoms with Gasteiger partial charge in [0.2, 0.25) is 0 Å². The van der Waals surface area contributed by atoms with E-state index in [0.717, 1.165) is 5.56 Å². The molecule has 0 atom stereocenters. The average Bonchev–Trinajstić information content (AvgIpc) is 2.15. The standard InChI is InChI=1S/C9H12FNOS/c1-12-11-6-7-4-3-5-8(10)9(7)13-2/h3-5,11H,6H2,1-2H3. The fourth-order valence-electron chi connectivity index (χ4n) is 1.07. The number of hydroxylamine groups is 1. The van der Waals surface area contributed by atoms with Crippen LogP contribution in [0.25, 0.3) is 0 Å². The van der Waals surface area contributed by atoms with Crippen molar-refractivity contribution in [2.24, 2.45) is 0 Å². The molecule has 0 heterocycles. The van der Waals surface area contributed by atoms with Gasteiger partial charge >= 0.3 is 0 Å². The van der Waals surface area contributed by atoms with Crippen LogP contribution >= 0.6 is 11.8 Å². The first-order chi connectivity index (χ1) is 6.29. The lowest BCUT2D eigenvalue weighted by Gasteiger charge is -2.07. The molecule has 0 aromatic heterocycles. The highest BCUT2D eigenvalue weighted by Gasteiger charge is 2.05. The van der Waals surface area contributed by atoms with E-state index >= 15 is 0 Å². The van der Waals surface area contributed by atoms with Gasteiger partial charge in [0.05, 0.1) is 7.11 Å². The maximum Gasteiger partial charge on any atom is 0.137 e. The van der Waals surface area contributed by atoms with Gasteiger partial charge in [0, 0.05) is 11.4 Å². The van der Waals surface area contributed by atoms with Gasteiger partial charge < -0.3 is 4.84 Å². The minimum atomic E-state index is -0.178. The molecule has 0 aliphatic rings. The van der Waals surface area contributed by atoms with Crippen LogP contribution in [0.1, 0.15) is 5.56 Å². The van der Waals surface area contributed by atoms with E-state index in [4.69, 9.17) is 4.84 Å². The first-order valence-electron chi connectivity index (χ1n) is 3.86. The molecule has 0 aliphatic carbocycles. The van der Waals surface area contributed by atoms with Crippen LogP contribution in [-0.2, 0) is 11.4 Å².